The molecule has 0 aromatic carbocycles. The molecule has 3 aromatic heterocycles. The minimum Gasteiger partial charge on any atom is -0.364 e. The number of pyridine rings is 1. The summed E-state index contributed by atoms with van der Waals surface area (Å²) in [7, 11) is 0. The molecule has 23 heavy (non-hydrogen) atoms. The first kappa shape index (κ1) is 14.9. The summed E-state index contributed by atoms with van der Waals surface area (Å²) >= 11 is 0. The number of anilines is 1. The SMILES string of the molecule is FC(F)(F)c1cc(NCc2ccn[nH]2)nc(-c2cccnc2)n1. The van der Waals surface area contributed by atoms with Gasteiger partial charge in [-0.2, -0.15) is 18.3 Å². The van der Waals surface area contributed by atoms with Crippen molar-refractivity contribution in [2.24, 2.45) is 0 Å². The first-order valence-electron chi connectivity index (χ1n) is 6.61. The Morgan fingerprint density at radius 3 is 2.65 bits per heavy atom. The van der Waals surface area contributed by atoms with Gasteiger partial charge in [-0.15, -0.1) is 0 Å². The van der Waals surface area contributed by atoms with Crippen molar-refractivity contribution in [2.75, 3.05) is 5.32 Å². The third kappa shape index (κ3) is 3.62. The Morgan fingerprint density at radius 1 is 1.13 bits per heavy atom. The molecule has 0 fully saturated rings. The third-order valence-corrected chi connectivity index (χ3v) is 2.95. The molecule has 0 aliphatic carbocycles. The lowest BCUT2D eigenvalue weighted by Crippen LogP contribution is -2.12. The van der Waals surface area contributed by atoms with Crippen molar-refractivity contribution < 1.29 is 13.2 Å². The van der Waals surface area contributed by atoms with E-state index in [1.807, 2.05) is 0 Å². The molecule has 0 aliphatic rings. The molecular weight excluding hydrogens is 309 g/mol. The first-order chi connectivity index (χ1) is 11.0. The summed E-state index contributed by atoms with van der Waals surface area (Å²) in [5, 5.41) is 9.31. The van der Waals surface area contributed by atoms with E-state index < -0.39 is 11.9 Å². The van der Waals surface area contributed by atoms with E-state index in [1.54, 1.807) is 24.4 Å². The first-order valence-corrected chi connectivity index (χ1v) is 6.61. The average molecular weight is 320 g/mol. The van der Waals surface area contributed by atoms with Crippen molar-refractivity contribution in [3.63, 3.8) is 0 Å². The molecule has 0 atom stereocenters. The zero-order valence-electron chi connectivity index (χ0n) is 11.7. The Bertz CT molecular complexity index is 771. The lowest BCUT2D eigenvalue weighted by molar-refractivity contribution is -0.141. The molecule has 0 saturated heterocycles. The molecule has 0 bridgehead atoms. The van der Waals surface area contributed by atoms with Gasteiger partial charge in [-0.3, -0.25) is 10.1 Å². The minimum atomic E-state index is -4.57. The summed E-state index contributed by atoms with van der Waals surface area (Å²) in [6.45, 7) is 0.265. The fraction of sp³-hybridized carbons (Fsp3) is 0.143. The van der Waals surface area contributed by atoms with Gasteiger partial charge in [-0.05, 0) is 18.2 Å². The zero-order valence-corrected chi connectivity index (χ0v) is 11.7. The van der Waals surface area contributed by atoms with Crippen LogP contribution in [0.1, 0.15) is 11.4 Å². The highest BCUT2D eigenvalue weighted by Gasteiger charge is 2.33. The second-order valence-electron chi connectivity index (χ2n) is 4.64. The molecule has 0 unspecified atom stereocenters. The summed E-state index contributed by atoms with van der Waals surface area (Å²) in [5.41, 5.74) is 0.113. The van der Waals surface area contributed by atoms with E-state index in [-0.39, 0.29) is 18.2 Å². The van der Waals surface area contributed by atoms with Crippen molar-refractivity contribution in [3.8, 4) is 11.4 Å². The predicted molar refractivity (Wildman–Crippen MR) is 76.2 cm³/mol. The summed E-state index contributed by atoms with van der Waals surface area (Å²) in [4.78, 5) is 11.6. The zero-order chi connectivity index (χ0) is 16.3. The molecule has 3 heterocycles. The van der Waals surface area contributed by atoms with Crippen LogP contribution in [-0.4, -0.2) is 25.1 Å². The molecule has 3 aromatic rings. The normalized spacial score (nSPS) is 11.4. The second kappa shape index (κ2) is 6.03. The average Bonchev–Trinajstić information content (AvgIpc) is 3.06. The van der Waals surface area contributed by atoms with Gasteiger partial charge in [0.1, 0.15) is 5.82 Å². The van der Waals surface area contributed by atoms with E-state index in [2.05, 4.69) is 30.5 Å². The van der Waals surface area contributed by atoms with E-state index in [9.17, 15) is 13.2 Å². The Morgan fingerprint density at radius 2 is 2.00 bits per heavy atom. The number of nitrogens with one attached hydrogen (secondary N) is 2. The second-order valence-corrected chi connectivity index (χ2v) is 4.64. The van der Waals surface area contributed by atoms with Gasteiger partial charge in [0.05, 0.1) is 12.2 Å². The van der Waals surface area contributed by atoms with Crippen LogP contribution in [0.4, 0.5) is 19.0 Å². The maximum absolute atomic E-state index is 13.0. The number of alkyl halides is 3. The fourth-order valence-corrected chi connectivity index (χ4v) is 1.88. The van der Waals surface area contributed by atoms with Gasteiger partial charge in [0.25, 0.3) is 0 Å². The Labute approximate surface area is 128 Å². The Kier molecular flexibility index (Phi) is 3.92. The van der Waals surface area contributed by atoms with Crippen molar-refractivity contribution >= 4 is 5.82 Å². The monoisotopic (exact) mass is 320 g/mol. The third-order valence-electron chi connectivity index (χ3n) is 2.95. The quantitative estimate of drug-likeness (QED) is 0.773. The minimum absolute atomic E-state index is 0.0416. The lowest BCUT2D eigenvalue weighted by Gasteiger charge is -2.11. The van der Waals surface area contributed by atoms with E-state index in [0.717, 1.165) is 11.8 Å². The van der Waals surface area contributed by atoms with Gasteiger partial charge in [0, 0.05) is 30.2 Å². The van der Waals surface area contributed by atoms with Crippen LogP contribution in [-0.2, 0) is 12.7 Å². The molecule has 6 nitrogen and oxygen atoms in total. The maximum Gasteiger partial charge on any atom is 0.433 e. The highest BCUT2D eigenvalue weighted by molar-refractivity contribution is 5.56. The Balaban J connectivity index is 1.95. The largest absolute Gasteiger partial charge is 0.433 e. The van der Waals surface area contributed by atoms with Crippen LogP contribution < -0.4 is 5.32 Å². The van der Waals surface area contributed by atoms with Crippen molar-refractivity contribution in [3.05, 3.63) is 54.2 Å². The van der Waals surface area contributed by atoms with Gasteiger partial charge >= 0.3 is 6.18 Å². The number of aromatic nitrogens is 5. The Hall–Kier alpha value is -2.97. The van der Waals surface area contributed by atoms with Crippen LogP contribution in [0.2, 0.25) is 0 Å². The van der Waals surface area contributed by atoms with E-state index in [0.29, 0.717) is 5.56 Å². The maximum atomic E-state index is 13.0. The molecule has 2 N–H and O–H groups in total. The van der Waals surface area contributed by atoms with E-state index in [1.165, 1.54) is 12.4 Å². The standard InChI is InChI=1S/C14H11F3N6/c15-14(16,17)11-6-12(19-8-10-3-5-20-23-10)22-13(21-11)9-2-1-4-18-7-9/h1-7H,8H2,(H,20,23)(H,19,21,22). The van der Waals surface area contributed by atoms with Crippen LogP contribution in [0.3, 0.4) is 0 Å². The number of hydrogen-bond acceptors (Lipinski definition) is 5. The molecule has 0 aliphatic heterocycles. The van der Waals surface area contributed by atoms with Crippen LogP contribution >= 0.6 is 0 Å². The van der Waals surface area contributed by atoms with Gasteiger partial charge in [-0.1, -0.05) is 0 Å². The smallest absolute Gasteiger partial charge is 0.364 e. The predicted octanol–water partition coefficient (Wildman–Crippen LogP) is 2.89. The lowest BCUT2D eigenvalue weighted by atomic mass is 10.2. The van der Waals surface area contributed by atoms with Crippen molar-refractivity contribution in [1.29, 1.82) is 0 Å². The van der Waals surface area contributed by atoms with Crippen LogP contribution in [0.15, 0.2) is 42.9 Å². The molecular formula is C14H11F3N6. The summed E-state index contributed by atoms with van der Waals surface area (Å²) in [5.74, 6) is 0.0285. The van der Waals surface area contributed by atoms with E-state index in [4.69, 9.17) is 0 Å². The van der Waals surface area contributed by atoms with Crippen LogP contribution in [0.25, 0.3) is 11.4 Å². The summed E-state index contributed by atoms with van der Waals surface area (Å²) in [6.07, 6.45) is -0.0772. The van der Waals surface area contributed by atoms with Crippen molar-refractivity contribution in [1.82, 2.24) is 25.1 Å². The summed E-state index contributed by atoms with van der Waals surface area (Å²) < 4.78 is 39.1. The highest BCUT2D eigenvalue weighted by Crippen LogP contribution is 2.30. The molecule has 0 spiro atoms. The number of nitrogens with zero attached hydrogens (tertiary/aromatic N) is 4. The van der Waals surface area contributed by atoms with Gasteiger partial charge < -0.3 is 5.32 Å². The summed E-state index contributed by atoms with van der Waals surface area (Å²) in [6, 6.07) is 5.79. The molecule has 9 heteroatoms. The highest BCUT2D eigenvalue weighted by atomic mass is 19.4. The molecule has 0 radical (unpaired) electrons. The van der Waals surface area contributed by atoms with Crippen LogP contribution in [0, 0.1) is 0 Å². The molecule has 118 valence electrons. The molecule has 0 amide bonds. The van der Waals surface area contributed by atoms with Crippen molar-refractivity contribution in [2.45, 2.75) is 12.7 Å². The van der Waals surface area contributed by atoms with Crippen LogP contribution in [0.5, 0.6) is 0 Å². The molecule has 3 rings (SSSR count). The topological polar surface area (TPSA) is 79.4 Å². The number of halogens is 3. The molecule has 0 saturated carbocycles. The number of aromatic amines is 1. The number of rotatable bonds is 4. The van der Waals surface area contributed by atoms with Gasteiger partial charge in [-0.25, -0.2) is 9.97 Å². The number of hydrogen-bond donors (Lipinski definition) is 2. The van der Waals surface area contributed by atoms with Gasteiger partial charge in [0.15, 0.2) is 11.5 Å². The van der Waals surface area contributed by atoms with Gasteiger partial charge in [0.2, 0.25) is 0 Å². The number of H-pyrrole nitrogens is 1. The van der Waals surface area contributed by atoms with E-state index >= 15 is 0 Å². The fourth-order valence-electron chi connectivity index (χ4n) is 1.88.